The maximum Gasteiger partial charge on any atom is 0.0626 e. The fourth-order valence-corrected chi connectivity index (χ4v) is 8.11. The summed E-state index contributed by atoms with van der Waals surface area (Å²) in [7, 11) is 0. The molecule has 0 fully saturated rings. The Labute approximate surface area is 298 Å². The predicted molar refractivity (Wildman–Crippen MR) is 216 cm³/mol. The van der Waals surface area contributed by atoms with Crippen LogP contribution in [0.15, 0.2) is 188 Å². The number of rotatable bonds is 6. The summed E-state index contributed by atoms with van der Waals surface area (Å²) in [5, 5.41) is 3.90. The van der Waals surface area contributed by atoms with Gasteiger partial charge in [0.2, 0.25) is 0 Å². The van der Waals surface area contributed by atoms with Gasteiger partial charge in [-0.3, -0.25) is 0 Å². The molecule has 0 atom stereocenters. The van der Waals surface area contributed by atoms with Gasteiger partial charge in [0, 0.05) is 39.3 Å². The molecule has 0 bridgehead atoms. The van der Waals surface area contributed by atoms with Crippen LogP contribution in [0.2, 0.25) is 0 Å². The molecule has 0 unspecified atom stereocenters. The fraction of sp³-hybridized carbons (Fsp3) is 0.0204. The second-order valence-electron chi connectivity index (χ2n) is 13.5. The Kier molecular flexibility index (Phi) is 6.75. The summed E-state index contributed by atoms with van der Waals surface area (Å²) in [5.41, 5.74) is 17.0. The summed E-state index contributed by atoms with van der Waals surface area (Å²) in [6.07, 6.45) is 0. The topological polar surface area (TPSA) is 8.17 Å². The lowest BCUT2D eigenvalue weighted by Gasteiger charge is -2.26. The van der Waals surface area contributed by atoms with Crippen LogP contribution in [0.4, 0.5) is 17.1 Å². The van der Waals surface area contributed by atoms with Gasteiger partial charge in [-0.05, 0) is 112 Å². The van der Waals surface area contributed by atoms with Gasteiger partial charge < -0.3 is 9.47 Å². The first kappa shape index (κ1) is 29.3. The predicted octanol–water partition coefficient (Wildman–Crippen LogP) is 13.5. The van der Waals surface area contributed by atoms with Gasteiger partial charge in [0.05, 0.1) is 11.2 Å². The van der Waals surface area contributed by atoms with Crippen LogP contribution in [0.25, 0.3) is 72.0 Å². The zero-order chi connectivity index (χ0) is 33.9. The van der Waals surface area contributed by atoms with Crippen LogP contribution in [0.5, 0.6) is 0 Å². The van der Waals surface area contributed by atoms with Crippen molar-refractivity contribution in [2.75, 3.05) is 4.90 Å². The first-order valence-electron chi connectivity index (χ1n) is 17.6. The summed E-state index contributed by atoms with van der Waals surface area (Å²) < 4.78 is 2.46. The maximum atomic E-state index is 2.46. The molecule has 0 N–H and O–H groups in total. The molecule has 0 saturated carbocycles. The molecule has 0 spiro atoms. The lowest BCUT2D eigenvalue weighted by molar-refractivity contribution is 1.14. The highest BCUT2D eigenvalue weighted by Crippen LogP contribution is 2.53. The van der Waals surface area contributed by atoms with Crippen molar-refractivity contribution in [1.29, 1.82) is 0 Å². The van der Waals surface area contributed by atoms with Gasteiger partial charge >= 0.3 is 0 Å². The third-order valence-corrected chi connectivity index (χ3v) is 10.3. The molecular weight excluding hydrogens is 617 g/mol. The van der Waals surface area contributed by atoms with Gasteiger partial charge in [0.1, 0.15) is 0 Å². The largest absolute Gasteiger partial charge is 0.310 e. The van der Waals surface area contributed by atoms with Crippen LogP contribution in [-0.4, -0.2) is 4.57 Å². The number of benzene rings is 8. The Morgan fingerprint density at radius 1 is 0.431 bits per heavy atom. The quantitative estimate of drug-likeness (QED) is 0.174. The summed E-state index contributed by atoms with van der Waals surface area (Å²) in [4.78, 5) is 2.37. The maximum absolute atomic E-state index is 2.46. The minimum absolute atomic E-state index is 1.12. The molecule has 1 aliphatic rings. The van der Waals surface area contributed by atoms with E-state index < -0.39 is 0 Å². The Balaban J connectivity index is 1.15. The molecule has 2 nitrogen and oxygen atoms in total. The van der Waals surface area contributed by atoms with Gasteiger partial charge in [-0.15, -0.1) is 0 Å². The number of aryl methyl sites for hydroxylation is 1. The minimum atomic E-state index is 1.12. The van der Waals surface area contributed by atoms with Crippen molar-refractivity contribution < 1.29 is 0 Å². The van der Waals surface area contributed by atoms with E-state index in [2.05, 4.69) is 204 Å². The zero-order valence-corrected chi connectivity index (χ0v) is 28.3. The SMILES string of the molecule is Cc1cc(-c2ccc3c(c2)c2c(n3-c3ccccc3)-c3cccc4cccc-2c34)cc(N(c2ccccc2)c2ccc(-c3ccccc3)cc2)c1. The molecule has 0 saturated heterocycles. The van der Waals surface area contributed by atoms with Crippen molar-refractivity contribution in [3.8, 4) is 50.3 Å². The Morgan fingerprint density at radius 2 is 1.06 bits per heavy atom. The van der Waals surface area contributed by atoms with E-state index in [9.17, 15) is 0 Å². The zero-order valence-electron chi connectivity index (χ0n) is 28.3. The molecule has 1 heterocycles. The lowest BCUT2D eigenvalue weighted by atomic mass is 9.97. The number of para-hydroxylation sites is 2. The van der Waals surface area contributed by atoms with Crippen molar-refractivity contribution in [3.05, 3.63) is 194 Å². The molecule has 51 heavy (non-hydrogen) atoms. The number of aromatic nitrogens is 1. The molecule has 2 heteroatoms. The first-order valence-corrected chi connectivity index (χ1v) is 17.6. The average Bonchev–Trinajstić information content (AvgIpc) is 3.70. The molecule has 10 rings (SSSR count). The monoisotopic (exact) mass is 650 g/mol. The van der Waals surface area contributed by atoms with Crippen molar-refractivity contribution in [2.24, 2.45) is 0 Å². The number of nitrogens with zero attached hydrogens (tertiary/aromatic N) is 2. The van der Waals surface area contributed by atoms with Gasteiger partial charge in [0.15, 0.2) is 0 Å². The smallest absolute Gasteiger partial charge is 0.0626 e. The molecule has 8 aromatic carbocycles. The van der Waals surface area contributed by atoms with Gasteiger partial charge in [-0.2, -0.15) is 0 Å². The second-order valence-corrected chi connectivity index (χ2v) is 13.5. The van der Waals surface area contributed by atoms with E-state index in [-0.39, 0.29) is 0 Å². The highest BCUT2D eigenvalue weighted by atomic mass is 15.1. The molecule has 1 aromatic heterocycles. The Hall–Kier alpha value is -6.64. The Bertz CT molecular complexity index is 2720. The molecule has 0 amide bonds. The van der Waals surface area contributed by atoms with E-state index in [1.807, 2.05) is 0 Å². The number of fused-ring (bicyclic) bond motifs is 5. The molecule has 0 aliphatic heterocycles. The summed E-state index contributed by atoms with van der Waals surface area (Å²) in [5.74, 6) is 0. The number of hydrogen-bond donors (Lipinski definition) is 0. The van der Waals surface area contributed by atoms with Crippen LogP contribution in [0.3, 0.4) is 0 Å². The van der Waals surface area contributed by atoms with Crippen molar-refractivity contribution in [3.63, 3.8) is 0 Å². The summed E-state index contributed by atoms with van der Waals surface area (Å²) in [6, 6.07) is 68.4. The number of anilines is 3. The average molecular weight is 651 g/mol. The molecular formula is C49H34N2. The molecule has 0 radical (unpaired) electrons. The third kappa shape index (κ3) is 4.80. The fourth-order valence-electron chi connectivity index (χ4n) is 8.11. The standard InChI is InChI=1S/C49H34N2/c1-33-29-38(31-42(30-33)50(39-17-7-3-8-18-39)41-26-23-35(24-27-41)34-13-5-2-6-14-34)37-25-28-46-45(32-37)48-43-21-11-15-36-16-12-22-44(47(36)43)49(48)51(46)40-19-9-4-10-20-40/h2-32H,1H3. The molecule has 240 valence electrons. The van der Waals surface area contributed by atoms with E-state index >= 15 is 0 Å². The number of hydrogen-bond acceptors (Lipinski definition) is 1. The normalized spacial score (nSPS) is 11.6. The van der Waals surface area contributed by atoms with Crippen molar-refractivity contribution >= 4 is 38.7 Å². The van der Waals surface area contributed by atoms with Crippen LogP contribution >= 0.6 is 0 Å². The minimum Gasteiger partial charge on any atom is -0.310 e. The van der Waals surface area contributed by atoms with E-state index in [1.165, 1.54) is 77.6 Å². The van der Waals surface area contributed by atoms with Gasteiger partial charge in [-0.1, -0.05) is 127 Å². The van der Waals surface area contributed by atoms with Crippen LogP contribution in [-0.2, 0) is 0 Å². The van der Waals surface area contributed by atoms with E-state index in [0.29, 0.717) is 0 Å². The third-order valence-electron chi connectivity index (χ3n) is 10.3. The van der Waals surface area contributed by atoms with Crippen molar-refractivity contribution in [1.82, 2.24) is 4.57 Å². The Morgan fingerprint density at radius 3 is 1.80 bits per heavy atom. The summed E-state index contributed by atoms with van der Waals surface area (Å²) in [6.45, 7) is 2.20. The van der Waals surface area contributed by atoms with E-state index in [0.717, 1.165) is 17.1 Å². The highest BCUT2D eigenvalue weighted by molar-refractivity contribution is 6.22. The van der Waals surface area contributed by atoms with E-state index in [4.69, 9.17) is 0 Å². The van der Waals surface area contributed by atoms with Crippen LogP contribution in [0, 0.1) is 6.92 Å². The first-order chi connectivity index (χ1) is 25.2. The summed E-state index contributed by atoms with van der Waals surface area (Å²) >= 11 is 0. The van der Waals surface area contributed by atoms with E-state index in [1.54, 1.807) is 0 Å². The lowest BCUT2D eigenvalue weighted by Crippen LogP contribution is -2.10. The molecule has 1 aliphatic carbocycles. The van der Waals surface area contributed by atoms with Gasteiger partial charge in [0.25, 0.3) is 0 Å². The highest BCUT2D eigenvalue weighted by Gasteiger charge is 2.29. The second kappa shape index (κ2) is 11.8. The van der Waals surface area contributed by atoms with Crippen molar-refractivity contribution in [2.45, 2.75) is 6.92 Å². The van der Waals surface area contributed by atoms with Gasteiger partial charge in [-0.25, -0.2) is 0 Å². The van der Waals surface area contributed by atoms with Crippen LogP contribution < -0.4 is 4.90 Å². The van der Waals surface area contributed by atoms with Crippen LogP contribution in [0.1, 0.15) is 5.56 Å². The molecule has 9 aromatic rings.